The molecule has 2 heteroatoms. The molecule has 0 radical (unpaired) electrons. The van der Waals surface area contributed by atoms with E-state index in [1.807, 2.05) is 0 Å². The fraction of sp³-hybridized carbons (Fsp3) is 0.600. The van der Waals surface area contributed by atoms with Gasteiger partial charge >= 0.3 is 0 Å². The first-order valence-electron chi connectivity index (χ1n) is 2.36. The normalized spacial score (nSPS) is 9.86. The Balaban J connectivity index is 2.92. The van der Waals surface area contributed by atoms with Crippen LogP contribution < -0.4 is 0 Å². The zero-order valence-corrected chi connectivity index (χ0v) is 4.59. The average Bonchev–Trinajstić information content (AvgIpc) is 1.69. The standard InChI is InChI=1S/C5H10N2/c1-3-4-7-5-6-2/h5H,2-4H2,1H3/b7-5-. The van der Waals surface area contributed by atoms with Gasteiger partial charge in [-0.05, 0) is 13.1 Å². The van der Waals surface area contributed by atoms with E-state index < -0.39 is 0 Å². The van der Waals surface area contributed by atoms with Gasteiger partial charge in [0.05, 0.1) is 0 Å². The highest BCUT2D eigenvalue weighted by Crippen LogP contribution is 1.73. The summed E-state index contributed by atoms with van der Waals surface area (Å²) in [7, 11) is 0. The lowest BCUT2D eigenvalue weighted by Crippen LogP contribution is -1.73. The molecule has 40 valence electrons. The highest BCUT2D eigenvalue weighted by atomic mass is 14.8. The van der Waals surface area contributed by atoms with E-state index in [-0.39, 0.29) is 0 Å². The lowest BCUT2D eigenvalue weighted by Gasteiger charge is -1.78. The molecule has 0 aliphatic heterocycles. The number of rotatable bonds is 3. The summed E-state index contributed by atoms with van der Waals surface area (Å²) < 4.78 is 0. The predicted molar refractivity (Wildman–Crippen MR) is 33.2 cm³/mol. The molecule has 0 rings (SSSR count). The van der Waals surface area contributed by atoms with Gasteiger partial charge in [-0.15, -0.1) is 0 Å². The van der Waals surface area contributed by atoms with Crippen LogP contribution >= 0.6 is 0 Å². The first-order chi connectivity index (χ1) is 3.41. The minimum Gasteiger partial charge on any atom is -0.274 e. The molecule has 7 heavy (non-hydrogen) atoms. The summed E-state index contributed by atoms with van der Waals surface area (Å²) in [5.74, 6) is 0. The molecule has 0 aliphatic rings. The molecule has 0 saturated carbocycles. The minimum atomic E-state index is 0.860. The second-order valence-electron chi connectivity index (χ2n) is 1.20. The molecule has 0 spiro atoms. The number of aliphatic imine (C=N–C) groups is 2. The van der Waals surface area contributed by atoms with Crippen molar-refractivity contribution in [2.45, 2.75) is 13.3 Å². The zero-order valence-electron chi connectivity index (χ0n) is 4.59. The van der Waals surface area contributed by atoms with Crippen molar-refractivity contribution in [2.24, 2.45) is 9.98 Å². The van der Waals surface area contributed by atoms with Gasteiger partial charge in [-0.2, -0.15) is 0 Å². The maximum absolute atomic E-state index is 3.85. The molecular weight excluding hydrogens is 88.1 g/mol. The molecule has 0 unspecified atom stereocenters. The van der Waals surface area contributed by atoms with E-state index in [4.69, 9.17) is 0 Å². The number of hydrogen-bond donors (Lipinski definition) is 0. The predicted octanol–water partition coefficient (Wildman–Crippen LogP) is 1.13. The van der Waals surface area contributed by atoms with Gasteiger partial charge in [0.2, 0.25) is 0 Å². The van der Waals surface area contributed by atoms with E-state index in [1.165, 1.54) is 6.34 Å². The second kappa shape index (κ2) is 5.34. The fourth-order valence-corrected chi connectivity index (χ4v) is 0.245. The van der Waals surface area contributed by atoms with E-state index in [0.29, 0.717) is 0 Å². The SMILES string of the molecule is C=N/C=N\CCC. The van der Waals surface area contributed by atoms with Crippen LogP contribution in [0.15, 0.2) is 9.98 Å². The van der Waals surface area contributed by atoms with Crippen molar-refractivity contribution in [2.75, 3.05) is 6.54 Å². The third-order valence-corrected chi connectivity index (χ3v) is 0.516. The molecule has 0 aromatic rings. The van der Waals surface area contributed by atoms with Crippen molar-refractivity contribution in [3.63, 3.8) is 0 Å². The van der Waals surface area contributed by atoms with Crippen molar-refractivity contribution in [1.29, 1.82) is 0 Å². The Bertz CT molecular complexity index is 66.5. The zero-order chi connectivity index (χ0) is 5.54. The summed E-state index contributed by atoms with van der Waals surface area (Å²) in [6.07, 6.45) is 2.55. The van der Waals surface area contributed by atoms with Gasteiger partial charge in [-0.25, -0.2) is 0 Å². The Morgan fingerprint density at radius 2 is 2.43 bits per heavy atom. The van der Waals surface area contributed by atoms with Crippen LogP contribution in [0.25, 0.3) is 0 Å². The Morgan fingerprint density at radius 1 is 1.71 bits per heavy atom. The Hall–Kier alpha value is -0.660. The molecule has 0 aromatic carbocycles. The molecule has 0 bridgehead atoms. The monoisotopic (exact) mass is 98.1 g/mol. The first-order valence-corrected chi connectivity index (χ1v) is 2.36. The highest BCUT2D eigenvalue weighted by Gasteiger charge is 1.66. The Labute approximate surface area is 44.0 Å². The highest BCUT2D eigenvalue weighted by molar-refractivity contribution is 5.61. The summed E-state index contributed by atoms with van der Waals surface area (Å²) in [4.78, 5) is 7.29. The second-order valence-corrected chi connectivity index (χ2v) is 1.20. The van der Waals surface area contributed by atoms with Crippen LogP contribution in [-0.2, 0) is 0 Å². The third-order valence-electron chi connectivity index (χ3n) is 0.516. The van der Waals surface area contributed by atoms with E-state index in [0.717, 1.165) is 13.0 Å². The maximum atomic E-state index is 3.85. The smallest absolute Gasteiger partial charge is 0.109 e. The lowest BCUT2D eigenvalue weighted by molar-refractivity contribution is 0.935. The van der Waals surface area contributed by atoms with Crippen LogP contribution in [0.4, 0.5) is 0 Å². The molecule has 0 aliphatic carbocycles. The van der Waals surface area contributed by atoms with Crippen molar-refractivity contribution < 1.29 is 0 Å². The Kier molecular flexibility index (Phi) is 4.84. The Morgan fingerprint density at radius 3 is 2.86 bits per heavy atom. The van der Waals surface area contributed by atoms with E-state index >= 15 is 0 Å². The molecule has 0 atom stereocenters. The van der Waals surface area contributed by atoms with Crippen molar-refractivity contribution in [3.8, 4) is 0 Å². The molecule has 0 aromatic heterocycles. The fourth-order valence-electron chi connectivity index (χ4n) is 0.245. The molecule has 0 saturated heterocycles. The van der Waals surface area contributed by atoms with Gasteiger partial charge in [-0.3, -0.25) is 9.98 Å². The molecular formula is C5H10N2. The van der Waals surface area contributed by atoms with E-state index in [1.54, 1.807) is 0 Å². The molecule has 2 nitrogen and oxygen atoms in total. The van der Waals surface area contributed by atoms with Gasteiger partial charge in [0.25, 0.3) is 0 Å². The largest absolute Gasteiger partial charge is 0.274 e. The number of hydrogen-bond acceptors (Lipinski definition) is 1. The van der Waals surface area contributed by atoms with Crippen LogP contribution in [0.5, 0.6) is 0 Å². The summed E-state index contributed by atoms with van der Waals surface area (Å²) in [6, 6.07) is 0. The van der Waals surface area contributed by atoms with Crippen molar-refractivity contribution >= 4 is 13.1 Å². The van der Waals surface area contributed by atoms with Gasteiger partial charge in [-0.1, -0.05) is 6.92 Å². The van der Waals surface area contributed by atoms with Gasteiger partial charge in [0.1, 0.15) is 6.34 Å². The van der Waals surface area contributed by atoms with Gasteiger partial charge in [0, 0.05) is 6.54 Å². The quantitative estimate of drug-likeness (QED) is 0.373. The van der Waals surface area contributed by atoms with Crippen LogP contribution in [0.2, 0.25) is 0 Å². The van der Waals surface area contributed by atoms with Crippen molar-refractivity contribution in [3.05, 3.63) is 0 Å². The average molecular weight is 98.1 g/mol. The van der Waals surface area contributed by atoms with Gasteiger partial charge in [0.15, 0.2) is 0 Å². The summed E-state index contributed by atoms with van der Waals surface area (Å²) in [5, 5.41) is 0. The molecule has 0 N–H and O–H groups in total. The maximum Gasteiger partial charge on any atom is 0.109 e. The van der Waals surface area contributed by atoms with Crippen LogP contribution in [-0.4, -0.2) is 19.6 Å². The summed E-state index contributed by atoms with van der Waals surface area (Å²) in [6.45, 7) is 6.16. The van der Waals surface area contributed by atoms with Crippen LogP contribution in [0.1, 0.15) is 13.3 Å². The van der Waals surface area contributed by atoms with Gasteiger partial charge < -0.3 is 0 Å². The van der Waals surface area contributed by atoms with Crippen molar-refractivity contribution in [1.82, 2.24) is 0 Å². The first kappa shape index (κ1) is 6.34. The molecule has 0 amide bonds. The van der Waals surface area contributed by atoms with E-state index in [9.17, 15) is 0 Å². The lowest BCUT2D eigenvalue weighted by atomic mass is 10.5. The van der Waals surface area contributed by atoms with E-state index in [2.05, 4.69) is 23.6 Å². The topological polar surface area (TPSA) is 24.7 Å². The molecule has 0 heterocycles. The molecule has 0 fully saturated rings. The number of nitrogens with zero attached hydrogens (tertiary/aromatic N) is 2. The minimum absolute atomic E-state index is 0.860. The van der Waals surface area contributed by atoms with Crippen LogP contribution in [0.3, 0.4) is 0 Å². The summed E-state index contributed by atoms with van der Waals surface area (Å²) in [5.41, 5.74) is 0. The summed E-state index contributed by atoms with van der Waals surface area (Å²) >= 11 is 0. The third kappa shape index (κ3) is 5.34. The van der Waals surface area contributed by atoms with Crippen LogP contribution in [0, 0.1) is 0 Å².